The van der Waals surface area contributed by atoms with Gasteiger partial charge in [0, 0.05) is 40.9 Å². The highest BCUT2D eigenvalue weighted by Gasteiger charge is 2.52. The first-order valence-corrected chi connectivity index (χ1v) is 24.5. The van der Waals surface area contributed by atoms with Crippen molar-refractivity contribution < 1.29 is 138 Å². The van der Waals surface area contributed by atoms with Crippen molar-refractivity contribution in [3.05, 3.63) is 0 Å². The van der Waals surface area contributed by atoms with Crippen molar-refractivity contribution in [1.29, 1.82) is 0 Å². The fourth-order valence-corrected chi connectivity index (χ4v) is 8.97. The first-order valence-electron chi connectivity index (χ1n) is 24.5. The van der Waals surface area contributed by atoms with Gasteiger partial charge in [0.1, 0.15) is 85.4 Å². The van der Waals surface area contributed by atoms with Gasteiger partial charge in [-0.2, -0.15) is 0 Å². The van der Waals surface area contributed by atoms with E-state index in [1.54, 1.807) is 6.92 Å². The fourth-order valence-electron chi connectivity index (χ4n) is 8.97. The van der Waals surface area contributed by atoms with E-state index in [1.165, 1.54) is 13.8 Å². The average Bonchev–Trinajstić information content (AvgIpc) is 3.37. The molecule has 3 amide bonds. The van der Waals surface area contributed by atoms with E-state index in [0.717, 1.165) is 14.0 Å². The minimum absolute atomic E-state index is 0.150. The van der Waals surface area contributed by atoms with Gasteiger partial charge in [0.05, 0.1) is 82.7 Å². The second-order valence-electron chi connectivity index (χ2n) is 18.6. The normalized spacial score (nSPS) is 37.3. The Labute approximate surface area is 431 Å². The lowest BCUT2D eigenvalue weighted by atomic mass is 9.95. The molecule has 25 atom stereocenters. The number of nitrogens with one attached hydrogen (secondary N) is 3. The van der Waals surface area contributed by atoms with E-state index in [1.807, 2.05) is 0 Å². The van der Waals surface area contributed by atoms with Crippen LogP contribution in [-0.2, 0) is 66.5 Å². The van der Waals surface area contributed by atoms with Crippen LogP contribution in [0.1, 0.15) is 47.0 Å². The number of rotatable bonds is 29. The van der Waals surface area contributed by atoms with Gasteiger partial charge in [-0.3, -0.25) is 14.4 Å². The molecular formula is C44H79N3O28. The average molecular weight is 1100 g/mol. The van der Waals surface area contributed by atoms with Crippen LogP contribution in [0, 0.1) is 0 Å². The van der Waals surface area contributed by atoms with E-state index in [4.69, 9.17) is 52.1 Å². The number of aliphatic hydroxyl groups is 14. The molecule has 0 aromatic carbocycles. The van der Waals surface area contributed by atoms with Crippen LogP contribution in [0.15, 0.2) is 0 Å². The van der Waals surface area contributed by atoms with Crippen molar-refractivity contribution in [2.24, 2.45) is 0 Å². The minimum Gasteiger partial charge on any atom is -0.396 e. The van der Waals surface area contributed by atoms with Gasteiger partial charge in [0.2, 0.25) is 17.7 Å². The highest BCUT2D eigenvalue weighted by Crippen LogP contribution is 2.33. The largest absolute Gasteiger partial charge is 0.396 e. The van der Waals surface area contributed by atoms with Crippen LogP contribution in [0.2, 0.25) is 0 Å². The third-order valence-corrected chi connectivity index (χ3v) is 13.0. The van der Waals surface area contributed by atoms with Crippen LogP contribution >= 0.6 is 0 Å². The molecule has 4 heterocycles. The van der Waals surface area contributed by atoms with E-state index < -0.39 is 218 Å². The lowest BCUT2D eigenvalue weighted by Gasteiger charge is -2.47. The summed E-state index contributed by atoms with van der Waals surface area (Å²) in [4.78, 5) is 36.6. The van der Waals surface area contributed by atoms with Crippen molar-refractivity contribution in [3.63, 3.8) is 0 Å². The molecule has 0 spiro atoms. The van der Waals surface area contributed by atoms with Crippen LogP contribution in [0.5, 0.6) is 0 Å². The standard InChI is InChI=1S/C44H79N3O28/c1-17-21(45-18(2)54)8-26(27(10-49)68-17)71-41-22(46-19(3)55)9-25(28(11-50)72-41)69-32(14-53)70-31(24(58)15-66-43(65-5)39(64)34(59)23(57)6-7-48)16-67-44-40(38(63)36(61)30(13-52)74-44)75-42-33(47-20(4)56)37(62)35(60)29(12-51)73-42/h17,21-44,48-53,57-64H,6-16H2,1-5H3,(H,45,54)(H,46,55)(H,47,56)/t17-,21?,22?,23+,24-,25-,26-,27?,28?,29?,30?,31?,32+,33?,34?,35+,36+,37?,38?,39?,40?,41+,42-,43+,44-/m0/s1. The van der Waals surface area contributed by atoms with Gasteiger partial charge >= 0.3 is 0 Å². The molecule has 4 aliphatic rings. The van der Waals surface area contributed by atoms with Gasteiger partial charge in [-0.25, -0.2) is 0 Å². The Hall–Kier alpha value is -2.59. The summed E-state index contributed by atoms with van der Waals surface area (Å²) in [6, 6.07) is -3.17. The van der Waals surface area contributed by atoms with Crippen molar-refractivity contribution in [1.82, 2.24) is 16.0 Å². The summed E-state index contributed by atoms with van der Waals surface area (Å²) in [5.74, 6) is -1.64. The number of carbonyl (C=O) groups excluding carboxylic acids is 3. The molecule has 13 unspecified atom stereocenters. The lowest BCUT2D eigenvalue weighted by Crippen LogP contribution is -2.67. The number of amides is 3. The summed E-state index contributed by atoms with van der Waals surface area (Å²) in [5.41, 5.74) is 0. The zero-order valence-electron chi connectivity index (χ0n) is 42.2. The molecule has 4 saturated heterocycles. The number of aliphatic hydroxyl groups excluding tert-OH is 14. The second kappa shape index (κ2) is 31.3. The molecule has 0 bridgehead atoms. The van der Waals surface area contributed by atoms with Gasteiger partial charge in [0.15, 0.2) is 31.5 Å². The van der Waals surface area contributed by atoms with Gasteiger partial charge in [0.25, 0.3) is 0 Å². The number of ether oxygens (including phenoxy) is 11. The summed E-state index contributed by atoms with van der Waals surface area (Å²) in [7, 11) is 1.05. The van der Waals surface area contributed by atoms with Crippen molar-refractivity contribution in [3.8, 4) is 0 Å². The van der Waals surface area contributed by atoms with Crippen molar-refractivity contribution in [2.45, 2.75) is 200 Å². The molecule has 4 aliphatic heterocycles. The molecule has 0 aromatic rings. The summed E-state index contributed by atoms with van der Waals surface area (Å²) in [6.07, 6.45) is -35.6. The number of carbonyl (C=O) groups is 3. The number of methoxy groups -OCH3 is 1. The second-order valence-corrected chi connectivity index (χ2v) is 18.6. The van der Waals surface area contributed by atoms with Crippen molar-refractivity contribution >= 4 is 17.7 Å². The highest BCUT2D eigenvalue weighted by atomic mass is 16.8. The third-order valence-electron chi connectivity index (χ3n) is 13.0. The number of hydrogen-bond donors (Lipinski definition) is 17. The summed E-state index contributed by atoms with van der Waals surface area (Å²) >= 11 is 0. The fraction of sp³-hybridized carbons (Fsp3) is 0.932. The highest BCUT2D eigenvalue weighted by molar-refractivity contribution is 5.74. The smallest absolute Gasteiger partial charge is 0.217 e. The maximum absolute atomic E-state index is 12.5. The molecule has 0 radical (unpaired) electrons. The first-order chi connectivity index (χ1) is 35.5. The molecule has 31 heteroatoms. The van der Waals surface area contributed by atoms with E-state index in [0.29, 0.717) is 0 Å². The zero-order chi connectivity index (χ0) is 55.8. The Morgan fingerprint density at radius 1 is 0.613 bits per heavy atom. The molecular weight excluding hydrogens is 1020 g/mol. The molecule has 4 rings (SSSR count). The van der Waals surface area contributed by atoms with Gasteiger partial charge in [-0.05, 0) is 19.8 Å². The summed E-state index contributed by atoms with van der Waals surface area (Å²) in [6.45, 7) is -1.07. The Morgan fingerprint density at radius 2 is 1.16 bits per heavy atom. The maximum atomic E-state index is 12.5. The zero-order valence-corrected chi connectivity index (χ0v) is 42.2. The van der Waals surface area contributed by atoms with E-state index in [2.05, 4.69) is 16.0 Å². The Bertz CT molecular complexity index is 1700. The van der Waals surface area contributed by atoms with E-state index >= 15 is 0 Å². The molecule has 0 aliphatic carbocycles. The Balaban J connectivity index is 1.63. The first kappa shape index (κ1) is 64.9. The van der Waals surface area contributed by atoms with Gasteiger partial charge in [-0.15, -0.1) is 0 Å². The molecule has 17 N–H and O–H groups in total. The van der Waals surface area contributed by atoms with Crippen LogP contribution in [0.3, 0.4) is 0 Å². The van der Waals surface area contributed by atoms with E-state index in [-0.39, 0.29) is 25.2 Å². The minimum atomic E-state index is -2.02. The predicted octanol–water partition coefficient (Wildman–Crippen LogP) is -9.65. The number of hydrogen-bond acceptors (Lipinski definition) is 28. The quantitative estimate of drug-likeness (QED) is 0.0309. The molecule has 0 saturated carbocycles. The molecule has 31 nitrogen and oxygen atoms in total. The topological polar surface area (TPSA) is 472 Å². The molecule has 438 valence electrons. The monoisotopic (exact) mass is 1100 g/mol. The summed E-state index contributed by atoms with van der Waals surface area (Å²) in [5, 5.41) is 155. The Kier molecular flexibility index (Phi) is 27.1. The Morgan fingerprint density at radius 3 is 1.72 bits per heavy atom. The van der Waals surface area contributed by atoms with Crippen molar-refractivity contribution in [2.75, 3.05) is 60.0 Å². The van der Waals surface area contributed by atoms with Gasteiger partial charge < -0.3 is 140 Å². The SMILES string of the molecule is CO[C@H](OC[C@H](O)C(CO[C@H]1OC(CO)[C@@H](O)C(O)C1O[C@@H]1OC(CO)[C@@H](O)C(O)C1NC(C)=O)O[C@H](CO)O[C@H]1CC(NC(C)=O)[C@H](O[C@H]2CC(NC(C)=O)[C@H](C)OC2CO)OC1CO)C(O)C(O)[C@H](O)CCO. The van der Waals surface area contributed by atoms with Crippen LogP contribution in [-0.4, -0.2) is 303 Å². The molecule has 4 fully saturated rings. The third kappa shape index (κ3) is 18.0. The summed E-state index contributed by atoms with van der Waals surface area (Å²) < 4.78 is 64.4. The molecule has 0 aromatic heterocycles. The maximum Gasteiger partial charge on any atom is 0.217 e. The van der Waals surface area contributed by atoms with Gasteiger partial charge in [-0.1, -0.05) is 0 Å². The molecule has 75 heavy (non-hydrogen) atoms. The van der Waals surface area contributed by atoms with Crippen LogP contribution < -0.4 is 16.0 Å². The van der Waals surface area contributed by atoms with Crippen LogP contribution in [0.4, 0.5) is 0 Å². The predicted molar refractivity (Wildman–Crippen MR) is 244 cm³/mol. The van der Waals surface area contributed by atoms with Crippen LogP contribution in [0.25, 0.3) is 0 Å². The van der Waals surface area contributed by atoms with E-state index in [9.17, 15) is 85.9 Å². The lowest BCUT2D eigenvalue weighted by molar-refractivity contribution is -0.360.